The minimum Gasteiger partial charge on any atom is -0.339 e. The normalized spacial score (nSPS) is 14.2. The number of rotatable bonds is 8. The third-order valence-corrected chi connectivity index (χ3v) is 6.73. The number of carbonyl (C=O) groups is 2. The van der Waals surface area contributed by atoms with E-state index in [1.54, 1.807) is 24.3 Å². The molecule has 1 saturated carbocycles. The van der Waals surface area contributed by atoms with Crippen LogP contribution in [0.2, 0.25) is 0 Å². The molecular weight excluding hydrogens is 440 g/mol. The van der Waals surface area contributed by atoms with Gasteiger partial charge in [0.1, 0.15) is 0 Å². The molecule has 7 heteroatoms. The fourth-order valence-corrected chi connectivity index (χ4v) is 4.47. The number of carbonyl (C=O) groups excluding carboxylic acids is 2. The molecule has 1 N–H and O–H groups in total. The summed E-state index contributed by atoms with van der Waals surface area (Å²) in [5, 5.41) is 6.92. The van der Waals surface area contributed by atoms with Gasteiger partial charge in [-0.05, 0) is 48.6 Å². The molecule has 1 aliphatic carbocycles. The van der Waals surface area contributed by atoms with Gasteiger partial charge in [-0.25, -0.2) is 0 Å². The Morgan fingerprint density at radius 2 is 1.71 bits per heavy atom. The van der Waals surface area contributed by atoms with Crippen molar-refractivity contribution in [1.82, 2.24) is 15.0 Å². The average Bonchev–Trinajstić information content (AvgIpc) is 3.37. The summed E-state index contributed by atoms with van der Waals surface area (Å²) in [6.45, 7) is 4.30. The maximum Gasteiger partial charge on any atom is 0.253 e. The van der Waals surface area contributed by atoms with Crippen molar-refractivity contribution in [3.05, 3.63) is 65.5 Å². The first-order valence-corrected chi connectivity index (χ1v) is 12.5. The summed E-state index contributed by atoms with van der Waals surface area (Å²) < 4.78 is 5.33. The molecule has 0 radical (unpaired) electrons. The largest absolute Gasteiger partial charge is 0.339 e. The average molecular weight is 475 g/mol. The van der Waals surface area contributed by atoms with Gasteiger partial charge >= 0.3 is 0 Å². The van der Waals surface area contributed by atoms with E-state index in [-0.39, 0.29) is 18.2 Å². The molecule has 0 spiro atoms. The second-order valence-corrected chi connectivity index (χ2v) is 9.62. The predicted octanol–water partition coefficient (Wildman–Crippen LogP) is 5.84. The molecule has 4 rings (SSSR count). The maximum atomic E-state index is 12.8. The molecule has 0 saturated heterocycles. The van der Waals surface area contributed by atoms with Gasteiger partial charge in [0, 0.05) is 42.7 Å². The van der Waals surface area contributed by atoms with Crippen LogP contribution in [0.1, 0.15) is 80.1 Å². The Kier molecular flexibility index (Phi) is 7.95. The molecule has 0 atom stereocenters. The van der Waals surface area contributed by atoms with Crippen molar-refractivity contribution in [3.8, 4) is 11.4 Å². The van der Waals surface area contributed by atoms with Gasteiger partial charge in [-0.2, -0.15) is 4.98 Å². The zero-order chi connectivity index (χ0) is 24.8. The van der Waals surface area contributed by atoms with E-state index >= 15 is 0 Å². The Morgan fingerprint density at radius 3 is 2.37 bits per heavy atom. The number of aryl methyl sites for hydroxylation is 1. The third kappa shape index (κ3) is 6.35. The number of aromatic nitrogens is 2. The van der Waals surface area contributed by atoms with Crippen LogP contribution in [0.5, 0.6) is 0 Å². The summed E-state index contributed by atoms with van der Waals surface area (Å²) >= 11 is 0. The summed E-state index contributed by atoms with van der Waals surface area (Å²) in [6, 6.07) is 15.5. The van der Waals surface area contributed by atoms with Crippen LogP contribution < -0.4 is 5.32 Å². The van der Waals surface area contributed by atoms with Gasteiger partial charge in [-0.3, -0.25) is 9.59 Å². The minimum atomic E-state index is -0.149. The van der Waals surface area contributed by atoms with Crippen molar-refractivity contribution in [2.24, 2.45) is 0 Å². The molecule has 0 aliphatic heterocycles. The Hall–Kier alpha value is -3.48. The molecular formula is C28H34N4O3. The monoisotopic (exact) mass is 474 g/mol. The Balaban J connectivity index is 1.27. The van der Waals surface area contributed by atoms with Crippen LogP contribution in [0.3, 0.4) is 0 Å². The van der Waals surface area contributed by atoms with Crippen molar-refractivity contribution >= 4 is 17.5 Å². The molecule has 1 aliphatic rings. The summed E-state index contributed by atoms with van der Waals surface area (Å²) in [7, 11) is 1.89. The van der Waals surface area contributed by atoms with Gasteiger partial charge in [0.2, 0.25) is 17.6 Å². The zero-order valence-electron chi connectivity index (χ0n) is 20.8. The van der Waals surface area contributed by atoms with Crippen molar-refractivity contribution in [3.63, 3.8) is 0 Å². The third-order valence-electron chi connectivity index (χ3n) is 6.73. The highest BCUT2D eigenvalue weighted by molar-refractivity contribution is 5.95. The highest BCUT2D eigenvalue weighted by Gasteiger charge is 2.23. The topological polar surface area (TPSA) is 88.3 Å². The number of hydrogen-bond acceptors (Lipinski definition) is 5. The summed E-state index contributed by atoms with van der Waals surface area (Å²) in [4.78, 5) is 31.5. The molecule has 1 fully saturated rings. The summed E-state index contributed by atoms with van der Waals surface area (Å²) in [5.41, 5.74) is 3.43. The van der Waals surface area contributed by atoms with E-state index in [2.05, 4.69) is 41.4 Å². The summed E-state index contributed by atoms with van der Waals surface area (Å²) in [6.07, 6.45) is 6.34. The van der Waals surface area contributed by atoms with Crippen molar-refractivity contribution in [2.75, 3.05) is 12.4 Å². The molecule has 2 amide bonds. The number of anilines is 1. The molecule has 0 bridgehead atoms. The fraction of sp³-hybridized carbons (Fsp3) is 0.429. The lowest BCUT2D eigenvalue weighted by Gasteiger charge is -2.31. The van der Waals surface area contributed by atoms with Gasteiger partial charge in [0.15, 0.2) is 0 Å². The van der Waals surface area contributed by atoms with E-state index in [9.17, 15) is 9.59 Å². The van der Waals surface area contributed by atoms with E-state index in [0.29, 0.717) is 41.3 Å². The Bertz CT molecular complexity index is 1130. The standard InChI is InChI=1S/C28H34N4O3/c1-19(2)20-9-11-21(12-10-20)27-30-26(35-31-27)18-17-25(33)29-23-15-13-22(14-16-23)28(34)32(3)24-7-5-4-6-8-24/h9-16,19,24H,4-8,17-18H2,1-3H3,(H,29,33). The smallest absolute Gasteiger partial charge is 0.253 e. The molecule has 3 aromatic rings. The first kappa shape index (κ1) is 24.6. The first-order chi connectivity index (χ1) is 16.9. The highest BCUT2D eigenvalue weighted by Crippen LogP contribution is 2.24. The van der Waals surface area contributed by atoms with E-state index in [1.165, 1.54) is 24.8 Å². The Morgan fingerprint density at radius 1 is 1.03 bits per heavy atom. The number of hydrogen-bond donors (Lipinski definition) is 1. The van der Waals surface area contributed by atoms with Crippen LogP contribution in [0.25, 0.3) is 11.4 Å². The van der Waals surface area contributed by atoms with E-state index in [4.69, 9.17) is 4.52 Å². The Labute approximate surface area is 206 Å². The quantitative estimate of drug-likeness (QED) is 0.443. The van der Waals surface area contributed by atoms with Crippen LogP contribution in [0.4, 0.5) is 5.69 Å². The van der Waals surface area contributed by atoms with Crippen LogP contribution in [0.15, 0.2) is 53.1 Å². The first-order valence-electron chi connectivity index (χ1n) is 12.5. The molecule has 2 aromatic carbocycles. The molecule has 1 heterocycles. The van der Waals surface area contributed by atoms with E-state index in [0.717, 1.165) is 18.4 Å². The second-order valence-electron chi connectivity index (χ2n) is 9.62. The summed E-state index contributed by atoms with van der Waals surface area (Å²) in [5.74, 6) is 1.29. The number of amides is 2. The van der Waals surface area contributed by atoms with Crippen LogP contribution in [-0.4, -0.2) is 39.9 Å². The predicted molar refractivity (Wildman–Crippen MR) is 136 cm³/mol. The second kappa shape index (κ2) is 11.3. The van der Waals surface area contributed by atoms with Crippen LogP contribution >= 0.6 is 0 Å². The van der Waals surface area contributed by atoms with Gasteiger partial charge < -0.3 is 14.7 Å². The number of nitrogens with zero attached hydrogens (tertiary/aromatic N) is 3. The van der Waals surface area contributed by atoms with E-state index in [1.807, 2.05) is 24.1 Å². The molecule has 7 nitrogen and oxygen atoms in total. The van der Waals surface area contributed by atoms with Gasteiger partial charge in [0.05, 0.1) is 0 Å². The molecule has 0 unspecified atom stereocenters. The SMILES string of the molecule is CC(C)c1ccc(-c2noc(CCC(=O)Nc3ccc(C(=O)N(C)C4CCCCC4)cc3)n2)cc1. The highest BCUT2D eigenvalue weighted by atomic mass is 16.5. The van der Waals surface area contributed by atoms with Crippen LogP contribution in [0, 0.1) is 0 Å². The lowest BCUT2D eigenvalue weighted by molar-refractivity contribution is -0.116. The molecule has 1 aromatic heterocycles. The van der Waals surface area contributed by atoms with Crippen LogP contribution in [-0.2, 0) is 11.2 Å². The van der Waals surface area contributed by atoms with Gasteiger partial charge in [0.25, 0.3) is 5.91 Å². The lowest BCUT2D eigenvalue weighted by atomic mass is 9.94. The molecule has 184 valence electrons. The van der Waals surface area contributed by atoms with Crippen molar-refractivity contribution in [2.45, 2.75) is 70.8 Å². The molecule has 35 heavy (non-hydrogen) atoms. The van der Waals surface area contributed by atoms with E-state index < -0.39 is 0 Å². The lowest BCUT2D eigenvalue weighted by Crippen LogP contribution is -2.38. The maximum absolute atomic E-state index is 12.8. The van der Waals surface area contributed by atoms with Gasteiger partial charge in [-0.15, -0.1) is 0 Å². The van der Waals surface area contributed by atoms with Crippen molar-refractivity contribution < 1.29 is 14.1 Å². The minimum absolute atomic E-state index is 0.0285. The van der Waals surface area contributed by atoms with Gasteiger partial charge in [-0.1, -0.05) is 62.5 Å². The number of nitrogens with one attached hydrogen (secondary N) is 1. The van der Waals surface area contributed by atoms with Crippen molar-refractivity contribution in [1.29, 1.82) is 0 Å². The number of benzene rings is 2. The fourth-order valence-electron chi connectivity index (χ4n) is 4.47. The zero-order valence-corrected chi connectivity index (χ0v) is 20.8.